The molecule has 6 heteroatoms. The van der Waals surface area contributed by atoms with Crippen LogP contribution in [0.1, 0.15) is 23.2 Å². The molecule has 0 aliphatic carbocycles. The Morgan fingerprint density at radius 2 is 1.31 bits per heavy atom. The van der Waals surface area contributed by atoms with Crippen molar-refractivity contribution in [1.82, 2.24) is 9.80 Å². The van der Waals surface area contributed by atoms with Crippen LogP contribution in [0, 0.1) is 5.92 Å². The van der Waals surface area contributed by atoms with Crippen LogP contribution in [0.5, 0.6) is 5.75 Å². The second kappa shape index (κ2) is 10.9. The summed E-state index contributed by atoms with van der Waals surface area (Å²) in [6.45, 7) is 4.38. The van der Waals surface area contributed by atoms with Crippen LogP contribution >= 0.6 is 0 Å². The Morgan fingerprint density at radius 1 is 0.694 bits per heavy atom. The lowest BCUT2D eigenvalue weighted by Crippen LogP contribution is -2.52. The first-order valence-corrected chi connectivity index (χ1v) is 12.7. The van der Waals surface area contributed by atoms with Crippen LogP contribution in [0.2, 0.25) is 0 Å². The van der Waals surface area contributed by atoms with E-state index < -0.39 is 0 Å². The first kappa shape index (κ1) is 23.9. The van der Waals surface area contributed by atoms with Gasteiger partial charge in [0, 0.05) is 56.4 Å². The third-order valence-corrected chi connectivity index (χ3v) is 7.40. The van der Waals surface area contributed by atoms with E-state index in [9.17, 15) is 9.59 Å². The molecule has 5 rings (SSSR count). The van der Waals surface area contributed by atoms with Crippen molar-refractivity contribution in [3.05, 3.63) is 84.4 Å². The molecule has 0 radical (unpaired) electrons. The van der Waals surface area contributed by atoms with E-state index in [4.69, 9.17) is 4.74 Å². The summed E-state index contributed by atoms with van der Waals surface area (Å²) in [6.07, 6.45) is 1.46. The second-order valence-electron chi connectivity index (χ2n) is 9.52. The number of benzene rings is 3. The number of hydrogen-bond acceptors (Lipinski definition) is 4. The zero-order chi connectivity index (χ0) is 24.9. The fourth-order valence-corrected chi connectivity index (χ4v) is 5.18. The first-order valence-electron chi connectivity index (χ1n) is 12.7. The molecule has 2 amide bonds. The van der Waals surface area contributed by atoms with Gasteiger partial charge < -0.3 is 19.4 Å². The zero-order valence-corrected chi connectivity index (χ0v) is 20.8. The predicted molar refractivity (Wildman–Crippen MR) is 142 cm³/mol. The van der Waals surface area contributed by atoms with Crippen molar-refractivity contribution in [1.29, 1.82) is 0 Å². The van der Waals surface area contributed by atoms with E-state index in [1.54, 1.807) is 7.11 Å². The lowest BCUT2D eigenvalue weighted by molar-refractivity contribution is -0.137. The largest absolute Gasteiger partial charge is 0.497 e. The van der Waals surface area contributed by atoms with Crippen LogP contribution < -0.4 is 9.64 Å². The number of amides is 2. The SMILES string of the molecule is COc1ccc(N2CCN(C(=O)C3CCN(C(=O)c4ccc(-c5ccccc5)cc4)CC3)CC2)cc1. The van der Waals surface area contributed by atoms with Crippen molar-refractivity contribution in [2.75, 3.05) is 51.3 Å². The van der Waals surface area contributed by atoms with E-state index in [1.165, 1.54) is 0 Å². The van der Waals surface area contributed by atoms with E-state index in [0.29, 0.717) is 18.7 Å². The van der Waals surface area contributed by atoms with Crippen molar-refractivity contribution >= 4 is 17.5 Å². The number of carbonyl (C=O) groups is 2. The molecule has 0 unspecified atom stereocenters. The van der Waals surface area contributed by atoms with Crippen molar-refractivity contribution < 1.29 is 14.3 Å². The highest BCUT2D eigenvalue weighted by atomic mass is 16.5. The van der Waals surface area contributed by atoms with Gasteiger partial charge in [-0.05, 0) is 60.4 Å². The van der Waals surface area contributed by atoms with Crippen LogP contribution in [-0.2, 0) is 4.79 Å². The number of nitrogens with zero attached hydrogens (tertiary/aromatic N) is 3. The fraction of sp³-hybridized carbons (Fsp3) is 0.333. The highest BCUT2D eigenvalue weighted by Crippen LogP contribution is 2.25. The molecule has 2 heterocycles. The van der Waals surface area contributed by atoms with Crippen molar-refractivity contribution in [3.8, 4) is 16.9 Å². The maximum absolute atomic E-state index is 13.2. The summed E-state index contributed by atoms with van der Waals surface area (Å²) in [5.41, 5.74) is 4.10. The van der Waals surface area contributed by atoms with Crippen molar-refractivity contribution in [2.45, 2.75) is 12.8 Å². The Hall–Kier alpha value is -3.80. The van der Waals surface area contributed by atoms with E-state index in [1.807, 2.05) is 64.4 Å². The minimum Gasteiger partial charge on any atom is -0.497 e. The summed E-state index contributed by atoms with van der Waals surface area (Å²) in [4.78, 5) is 32.4. The van der Waals surface area contributed by atoms with Gasteiger partial charge in [-0.3, -0.25) is 9.59 Å². The molecule has 6 nitrogen and oxygen atoms in total. The Labute approximate surface area is 213 Å². The molecule has 3 aromatic rings. The summed E-state index contributed by atoms with van der Waals surface area (Å²) in [7, 11) is 1.67. The molecule has 36 heavy (non-hydrogen) atoms. The van der Waals surface area contributed by atoms with E-state index in [2.05, 4.69) is 29.2 Å². The molecule has 0 bridgehead atoms. The third-order valence-electron chi connectivity index (χ3n) is 7.40. The predicted octanol–water partition coefficient (Wildman–Crippen LogP) is 4.56. The molecule has 2 saturated heterocycles. The number of carbonyl (C=O) groups excluding carboxylic acids is 2. The molecule has 3 aromatic carbocycles. The average Bonchev–Trinajstić information content (AvgIpc) is 2.97. The first-order chi connectivity index (χ1) is 17.6. The van der Waals surface area contributed by atoms with Crippen molar-refractivity contribution in [2.24, 2.45) is 5.92 Å². The number of hydrogen-bond donors (Lipinski definition) is 0. The molecule has 186 valence electrons. The molecule has 0 saturated carbocycles. The highest BCUT2D eigenvalue weighted by Gasteiger charge is 2.32. The molecular weight excluding hydrogens is 450 g/mol. The number of methoxy groups -OCH3 is 1. The molecule has 2 fully saturated rings. The quantitative estimate of drug-likeness (QED) is 0.534. The zero-order valence-electron chi connectivity index (χ0n) is 20.8. The smallest absolute Gasteiger partial charge is 0.253 e. The van der Waals surface area contributed by atoms with Gasteiger partial charge in [0.25, 0.3) is 5.91 Å². The van der Waals surface area contributed by atoms with Gasteiger partial charge >= 0.3 is 0 Å². The van der Waals surface area contributed by atoms with Gasteiger partial charge in [0.15, 0.2) is 0 Å². The van der Waals surface area contributed by atoms with Crippen LogP contribution in [0.3, 0.4) is 0 Å². The number of anilines is 1. The summed E-state index contributed by atoms with van der Waals surface area (Å²) >= 11 is 0. The highest BCUT2D eigenvalue weighted by molar-refractivity contribution is 5.95. The fourth-order valence-electron chi connectivity index (χ4n) is 5.18. The average molecular weight is 484 g/mol. The molecule has 0 N–H and O–H groups in total. The lowest BCUT2D eigenvalue weighted by atomic mass is 9.94. The molecule has 0 aromatic heterocycles. The van der Waals surface area contributed by atoms with E-state index in [-0.39, 0.29) is 17.7 Å². The van der Waals surface area contributed by atoms with E-state index in [0.717, 1.165) is 61.6 Å². The lowest BCUT2D eigenvalue weighted by Gasteiger charge is -2.39. The van der Waals surface area contributed by atoms with Crippen LogP contribution in [-0.4, -0.2) is 68.0 Å². The summed E-state index contributed by atoms with van der Waals surface area (Å²) in [6, 6.07) is 26.1. The van der Waals surface area contributed by atoms with Crippen LogP contribution in [0.4, 0.5) is 5.69 Å². The molecule has 2 aliphatic rings. The Morgan fingerprint density at radius 3 is 1.92 bits per heavy atom. The Balaban J connectivity index is 1.11. The van der Waals surface area contributed by atoms with Crippen LogP contribution in [0.25, 0.3) is 11.1 Å². The molecule has 0 atom stereocenters. The van der Waals surface area contributed by atoms with Crippen molar-refractivity contribution in [3.63, 3.8) is 0 Å². The van der Waals surface area contributed by atoms with Gasteiger partial charge in [-0.15, -0.1) is 0 Å². The number of piperidine rings is 1. The van der Waals surface area contributed by atoms with Gasteiger partial charge in [0.2, 0.25) is 5.91 Å². The normalized spacial score (nSPS) is 16.6. The molecular formula is C30H33N3O3. The van der Waals surface area contributed by atoms with Gasteiger partial charge in [0.05, 0.1) is 7.11 Å². The van der Waals surface area contributed by atoms with Gasteiger partial charge in [-0.1, -0.05) is 42.5 Å². The Kier molecular flexibility index (Phi) is 7.21. The number of likely N-dealkylation sites (tertiary alicyclic amines) is 1. The molecule has 0 spiro atoms. The maximum Gasteiger partial charge on any atom is 0.253 e. The summed E-state index contributed by atoms with van der Waals surface area (Å²) in [5.74, 6) is 1.14. The minimum atomic E-state index is 0.00189. The topological polar surface area (TPSA) is 53.1 Å². The van der Waals surface area contributed by atoms with E-state index >= 15 is 0 Å². The number of rotatable bonds is 5. The molecule has 2 aliphatic heterocycles. The standard InChI is InChI=1S/C30H33N3O3/c1-36-28-13-11-27(12-14-28)31-19-21-33(22-20-31)30(35)26-15-17-32(18-16-26)29(34)25-9-7-24(8-10-25)23-5-3-2-4-6-23/h2-14,26H,15-22H2,1H3. The van der Waals surface area contributed by atoms with Crippen LogP contribution in [0.15, 0.2) is 78.9 Å². The van der Waals surface area contributed by atoms with Gasteiger partial charge in [-0.2, -0.15) is 0 Å². The Bertz CT molecular complexity index is 1160. The maximum atomic E-state index is 13.2. The monoisotopic (exact) mass is 483 g/mol. The van der Waals surface area contributed by atoms with Gasteiger partial charge in [0.1, 0.15) is 5.75 Å². The summed E-state index contributed by atoms with van der Waals surface area (Å²) < 4.78 is 5.25. The second-order valence-corrected chi connectivity index (χ2v) is 9.52. The number of piperazine rings is 1. The van der Waals surface area contributed by atoms with Gasteiger partial charge in [-0.25, -0.2) is 0 Å². The summed E-state index contributed by atoms with van der Waals surface area (Å²) in [5, 5.41) is 0. The minimum absolute atomic E-state index is 0.00189. The number of ether oxygens (including phenoxy) is 1. The third kappa shape index (κ3) is 5.23.